The molecule has 7 heteroatoms. The van der Waals surface area contributed by atoms with Gasteiger partial charge in [-0.05, 0) is 40.2 Å². The number of anilines is 1. The fraction of sp³-hybridized carbons (Fsp3) is 0.0833. The minimum absolute atomic E-state index is 0.481. The summed E-state index contributed by atoms with van der Waals surface area (Å²) < 4.78 is 1.32. The first kappa shape index (κ1) is 14.7. The van der Waals surface area contributed by atoms with Crippen LogP contribution in [0.2, 0.25) is 9.36 Å². The van der Waals surface area contributed by atoms with Crippen LogP contribution in [0.25, 0.3) is 0 Å². The van der Waals surface area contributed by atoms with E-state index in [-0.39, 0.29) is 0 Å². The van der Waals surface area contributed by atoms with Crippen molar-refractivity contribution >= 4 is 62.1 Å². The van der Waals surface area contributed by atoms with Crippen LogP contribution in [-0.4, -0.2) is 5.91 Å². The number of carbonyl (C=O) groups excluding carboxylic acids is 1. The molecule has 0 saturated carbocycles. The average Bonchev–Trinajstić information content (AvgIpc) is 2.66. The van der Waals surface area contributed by atoms with Crippen molar-refractivity contribution in [1.29, 1.82) is 0 Å². The molecule has 1 unspecified atom stereocenters. The first-order valence-electron chi connectivity index (χ1n) is 5.23. The number of amides is 1. The molecular formula is C12H9BrCl2N2OS. The SMILES string of the molecule is NC(=O)C(Nc1cccc(Cl)c1)c1cc(Br)c(Cl)s1. The van der Waals surface area contributed by atoms with Crippen LogP contribution in [0, 0.1) is 0 Å². The van der Waals surface area contributed by atoms with Gasteiger partial charge in [-0.25, -0.2) is 0 Å². The van der Waals surface area contributed by atoms with Crippen molar-refractivity contribution in [1.82, 2.24) is 0 Å². The Hall–Kier alpha value is -0.750. The van der Waals surface area contributed by atoms with Gasteiger partial charge in [0.25, 0.3) is 0 Å². The number of hydrogen-bond acceptors (Lipinski definition) is 3. The lowest BCUT2D eigenvalue weighted by Crippen LogP contribution is -2.26. The normalized spacial score (nSPS) is 12.2. The highest BCUT2D eigenvalue weighted by Crippen LogP contribution is 2.36. The van der Waals surface area contributed by atoms with Crippen LogP contribution in [0.1, 0.15) is 10.9 Å². The van der Waals surface area contributed by atoms with E-state index in [0.29, 0.717) is 9.36 Å². The molecule has 0 spiro atoms. The van der Waals surface area contributed by atoms with Crippen LogP contribution in [-0.2, 0) is 4.79 Å². The average molecular weight is 380 g/mol. The van der Waals surface area contributed by atoms with Crippen LogP contribution in [0.3, 0.4) is 0 Å². The number of rotatable bonds is 4. The van der Waals surface area contributed by atoms with Gasteiger partial charge in [0, 0.05) is 20.1 Å². The number of nitrogens with one attached hydrogen (secondary N) is 1. The van der Waals surface area contributed by atoms with E-state index in [1.54, 1.807) is 24.3 Å². The molecule has 0 saturated heterocycles. The lowest BCUT2D eigenvalue weighted by atomic mass is 10.2. The predicted octanol–water partition coefficient (Wildman–Crippen LogP) is 4.46. The van der Waals surface area contributed by atoms with Crippen molar-refractivity contribution in [3.05, 3.63) is 49.0 Å². The number of primary amides is 1. The molecule has 3 N–H and O–H groups in total. The summed E-state index contributed by atoms with van der Waals surface area (Å²) in [6.45, 7) is 0. The second kappa shape index (κ2) is 6.13. The first-order chi connectivity index (χ1) is 8.97. The number of carbonyl (C=O) groups is 1. The van der Waals surface area contributed by atoms with E-state index in [9.17, 15) is 4.79 Å². The quantitative estimate of drug-likeness (QED) is 0.823. The zero-order valence-electron chi connectivity index (χ0n) is 9.49. The summed E-state index contributed by atoms with van der Waals surface area (Å²) in [6.07, 6.45) is 0. The van der Waals surface area contributed by atoms with E-state index in [1.807, 2.05) is 6.07 Å². The van der Waals surface area contributed by atoms with Crippen molar-refractivity contribution in [2.24, 2.45) is 5.73 Å². The fourth-order valence-corrected chi connectivity index (χ4v) is 3.52. The first-order valence-corrected chi connectivity index (χ1v) is 7.60. The Morgan fingerprint density at radius 1 is 1.37 bits per heavy atom. The molecule has 2 aromatic rings. The summed E-state index contributed by atoms with van der Waals surface area (Å²) in [5.41, 5.74) is 6.15. The van der Waals surface area contributed by atoms with Crippen molar-refractivity contribution in [2.75, 3.05) is 5.32 Å². The largest absolute Gasteiger partial charge is 0.369 e. The predicted molar refractivity (Wildman–Crippen MR) is 84.0 cm³/mol. The Bertz CT molecular complexity index is 598. The van der Waals surface area contributed by atoms with Gasteiger partial charge < -0.3 is 11.1 Å². The van der Waals surface area contributed by atoms with E-state index < -0.39 is 11.9 Å². The zero-order valence-corrected chi connectivity index (χ0v) is 13.4. The molecule has 0 radical (unpaired) electrons. The molecule has 2 rings (SSSR count). The maximum absolute atomic E-state index is 11.6. The number of benzene rings is 1. The second-order valence-electron chi connectivity index (χ2n) is 3.76. The maximum atomic E-state index is 11.6. The highest BCUT2D eigenvalue weighted by molar-refractivity contribution is 9.10. The minimum atomic E-state index is -0.646. The van der Waals surface area contributed by atoms with Crippen molar-refractivity contribution in [3.8, 4) is 0 Å². The van der Waals surface area contributed by atoms with Crippen LogP contribution in [0.5, 0.6) is 0 Å². The Balaban J connectivity index is 2.29. The zero-order chi connectivity index (χ0) is 14.0. The number of hydrogen-bond donors (Lipinski definition) is 2. The molecule has 1 heterocycles. The Morgan fingerprint density at radius 2 is 2.11 bits per heavy atom. The van der Waals surface area contributed by atoms with Gasteiger partial charge >= 0.3 is 0 Å². The van der Waals surface area contributed by atoms with Gasteiger partial charge in [0.2, 0.25) is 5.91 Å². The van der Waals surface area contributed by atoms with Gasteiger partial charge in [0.15, 0.2) is 0 Å². The number of thiophene rings is 1. The summed E-state index contributed by atoms with van der Waals surface area (Å²) in [4.78, 5) is 12.3. The molecular weight excluding hydrogens is 371 g/mol. The third-order valence-electron chi connectivity index (χ3n) is 2.37. The van der Waals surface area contributed by atoms with Gasteiger partial charge in [-0.2, -0.15) is 0 Å². The number of nitrogens with two attached hydrogens (primary N) is 1. The summed E-state index contributed by atoms with van der Waals surface area (Å²) in [5.74, 6) is -0.481. The summed E-state index contributed by atoms with van der Waals surface area (Å²) in [5, 5.41) is 3.63. The third-order valence-corrected chi connectivity index (χ3v) is 5.14. The Labute approximate surface area is 132 Å². The van der Waals surface area contributed by atoms with Crippen LogP contribution < -0.4 is 11.1 Å². The van der Waals surface area contributed by atoms with Gasteiger partial charge in [-0.15, -0.1) is 11.3 Å². The van der Waals surface area contributed by atoms with Crippen molar-refractivity contribution < 1.29 is 4.79 Å². The second-order valence-corrected chi connectivity index (χ2v) is 6.74. The highest BCUT2D eigenvalue weighted by atomic mass is 79.9. The van der Waals surface area contributed by atoms with Gasteiger partial charge in [0.1, 0.15) is 10.4 Å². The molecule has 0 fully saturated rings. The molecule has 1 aromatic heterocycles. The summed E-state index contributed by atoms with van der Waals surface area (Å²) in [6, 6.07) is 8.21. The molecule has 1 atom stereocenters. The molecule has 0 aliphatic rings. The smallest absolute Gasteiger partial charge is 0.245 e. The van der Waals surface area contributed by atoms with Crippen molar-refractivity contribution in [3.63, 3.8) is 0 Å². The van der Waals surface area contributed by atoms with Crippen LogP contribution >= 0.6 is 50.5 Å². The lowest BCUT2D eigenvalue weighted by Gasteiger charge is -2.15. The maximum Gasteiger partial charge on any atom is 0.245 e. The molecule has 1 aromatic carbocycles. The molecule has 0 bridgehead atoms. The van der Waals surface area contributed by atoms with E-state index in [4.69, 9.17) is 28.9 Å². The van der Waals surface area contributed by atoms with E-state index in [0.717, 1.165) is 15.0 Å². The molecule has 0 aliphatic carbocycles. The summed E-state index contributed by atoms with van der Waals surface area (Å²) >= 11 is 16.5. The van der Waals surface area contributed by atoms with E-state index in [1.165, 1.54) is 11.3 Å². The molecule has 0 aliphatic heterocycles. The lowest BCUT2D eigenvalue weighted by molar-refractivity contribution is -0.118. The van der Waals surface area contributed by atoms with Gasteiger partial charge in [0.05, 0.1) is 0 Å². The molecule has 100 valence electrons. The van der Waals surface area contributed by atoms with Gasteiger partial charge in [-0.1, -0.05) is 29.3 Å². The standard InChI is InChI=1S/C12H9BrCl2N2OS/c13-8-5-9(19-11(8)15)10(12(16)18)17-7-3-1-2-6(14)4-7/h1-5,10,17H,(H2,16,18). The van der Waals surface area contributed by atoms with Gasteiger partial charge in [-0.3, -0.25) is 4.79 Å². The molecule has 3 nitrogen and oxygen atoms in total. The van der Waals surface area contributed by atoms with Crippen molar-refractivity contribution in [2.45, 2.75) is 6.04 Å². The van der Waals surface area contributed by atoms with E-state index >= 15 is 0 Å². The minimum Gasteiger partial charge on any atom is -0.369 e. The highest BCUT2D eigenvalue weighted by Gasteiger charge is 2.21. The Kier molecular flexibility index (Phi) is 4.73. The fourth-order valence-electron chi connectivity index (χ4n) is 1.53. The van der Waals surface area contributed by atoms with Crippen LogP contribution in [0.15, 0.2) is 34.8 Å². The third kappa shape index (κ3) is 3.63. The van der Waals surface area contributed by atoms with Crippen LogP contribution in [0.4, 0.5) is 5.69 Å². The van der Waals surface area contributed by atoms with E-state index in [2.05, 4.69) is 21.2 Å². The Morgan fingerprint density at radius 3 is 2.63 bits per heavy atom. The number of halogens is 3. The molecule has 19 heavy (non-hydrogen) atoms. The summed E-state index contributed by atoms with van der Waals surface area (Å²) in [7, 11) is 0. The topological polar surface area (TPSA) is 55.1 Å². The monoisotopic (exact) mass is 378 g/mol. The molecule has 1 amide bonds.